The van der Waals surface area contributed by atoms with Crippen molar-refractivity contribution < 1.29 is 13.9 Å². The van der Waals surface area contributed by atoms with Crippen molar-refractivity contribution in [2.45, 2.75) is 44.8 Å². The molecule has 2 aromatic carbocycles. The number of hydrogen-bond acceptors (Lipinski definition) is 8. The van der Waals surface area contributed by atoms with Crippen LogP contribution >= 0.6 is 11.6 Å². The number of benzene rings is 2. The van der Waals surface area contributed by atoms with Gasteiger partial charge in [0.05, 0.1) is 35.8 Å². The number of carbonyl (C=O) groups is 1. The quantitative estimate of drug-likeness (QED) is 0.317. The van der Waals surface area contributed by atoms with Gasteiger partial charge in [-0.05, 0) is 43.0 Å². The Labute approximate surface area is 262 Å². The SMILES string of the molecule is CCN1CCC1COc1nc2c(c(N3CCN(C(=O)/C=C/CF)[C@@H](CC#N)C3)n1)CCN(c1cccc3cccc(Cl)c13)C2. The third-order valence-corrected chi connectivity index (χ3v) is 9.33. The Morgan fingerprint density at radius 1 is 1.14 bits per heavy atom. The highest BCUT2D eigenvalue weighted by molar-refractivity contribution is 6.36. The van der Waals surface area contributed by atoms with E-state index < -0.39 is 6.67 Å². The minimum Gasteiger partial charge on any atom is -0.462 e. The number of piperazine rings is 1. The number of carbonyl (C=O) groups excluding carboxylic acids is 1. The number of alkyl halides is 1. The van der Waals surface area contributed by atoms with Crippen LogP contribution in [0.3, 0.4) is 0 Å². The smallest absolute Gasteiger partial charge is 0.318 e. The zero-order valence-corrected chi connectivity index (χ0v) is 25.7. The van der Waals surface area contributed by atoms with Crippen LogP contribution in [-0.2, 0) is 17.8 Å². The van der Waals surface area contributed by atoms with Crippen LogP contribution in [0.25, 0.3) is 10.8 Å². The Balaban J connectivity index is 1.32. The van der Waals surface area contributed by atoms with Gasteiger partial charge in [-0.15, -0.1) is 0 Å². The standard InChI is InChI=1S/C33H37ClFN7O2/c1-2-39-16-12-25(39)22-44-33-37-28-21-40(29-9-4-7-23-6-3-8-27(34)31(23)29)17-13-26(28)32(38-33)41-18-19-42(24(20-41)11-15-36)30(43)10-5-14-35/h3-10,24-25H,2,11-14,16-22H2,1H3/b10-5+/t24-,25?/m0/s1. The number of allylic oxidation sites excluding steroid dienone is 1. The third-order valence-electron chi connectivity index (χ3n) is 9.01. The monoisotopic (exact) mass is 617 g/mol. The van der Waals surface area contributed by atoms with Gasteiger partial charge in [0.2, 0.25) is 5.91 Å². The molecule has 2 atom stereocenters. The van der Waals surface area contributed by atoms with E-state index in [4.69, 9.17) is 26.3 Å². The Kier molecular flexibility index (Phi) is 9.14. The van der Waals surface area contributed by atoms with E-state index >= 15 is 0 Å². The molecule has 1 aromatic heterocycles. The van der Waals surface area contributed by atoms with Crippen molar-refractivity contribution >= 4 is 39.8 Å². The van der Waals surface area contributed by atoms with E-state index in [0.29, 0.717) is 44.8 Å². The molecular weight excluding hydrogens is 581 g/mol. The molecule has 44 heavy (non-hydrogen) atoms. The normalized spacial score (nSPS) is 20.5. The summed E-state index contributed by atoms with van der Waals surface area (Å²) in [6.07, 6.45) is 4.45. The molecule has 3 aliphatic heterocycles. The molecule has 1 amide bonds. The van der Waals surface area contributed by atoms with Crippen LogP contribution in [0.1, 0.15) is 31.0 Å². The first-order valence-corrected chi connectivity index (χ1v) is 15.7. The molecular formula is C33H37ClFN7O2. The molecule has 3 aromatic rings. The summed E-state index contributed by atoms with van der Waals surface area (Å²) in [4.78, 5) is 31.2. The first-order chi connectivity index (χ1) is 21.5. The van der Waals surface area contributed by atoms with Crippen LogP contribution in [0.15, 0.2) is 48.6 Å². The molecule has 0 aliphatic carbocycles. The molecule has 0 spiro atoms. The number of anilines is 2. The summed E-state index contributed by atoms with van der Waals surface area (Å²) in [5.41, 5.74) is 3.03. The van der Waals surface area contributed by atoms with Crippen molar-refractivity contribution in [3.63, 3.8) is 0 Å². The minimum atomic E-state index is -0.705. The number of rotatable bonds is 9. The van der Waals surface area contributed by atoms with Gasteiger partial charge < -0.3 is 19.4 Å². The van der Waals surface area contributed by atoms with E-state index in [9.17, 15) is 14.4 Å². The number of likely N-dealkylation sites (tertiary alicyclic amines) is 1. The Bertz CT molecular complexity index is 1590. The highest BCUT2D eigenvalue weighted by Gasteiger charge is 2.34. The van der Waals surface area contributed by atoms with Gasteiger partial charge in [-0.1, -0.05) is 42.8 Å². The molecule has 0 bridgehead atoms. The molecule has 1 unspecified atom stereocenters. The summed E-state index contributed by atoms with van der Waals surface area (Å²) >= 11 is 6.69. The lowest BCUT2D eigenvalue weighted by molar-refractivity contribution is -0.128. The second-order valence-electron chi connectivity index (χ2n) is 11.5. The number of nitriles is 1. The van der Waals surface area contributed by atoms with Crippen molar-refractivity contribution in [3.05, 3.63) is 64.8 Å². The molecule has 4 heterocycles. The fraction of sp³-hybridized carbons (Fsp3) is 0.455. The largest absolute Gasteiger partial charge is 0.462 e. The Morgan fingerprint density at radius 3 is 2.73 bits per heavy atom. The van der Waals surface area contributed by atoms with E-state index in [2.05, 4.69) is 52.0 Å². The topological polar surface area (TPSA) is 88.8 Å². The van der Waals surface area contributed by atoms with Crippen molar-refractivity contribution in [2.75, 3.05) is 62.3 Å². The zero-order chi connectivity index (χ0) is 30.6. The number of fused-ring (bicyclic) bond motifs is 2. The number of ether oxygens (including phenoxy) is 1. The maximum absolute atomic E-state index is 12.8. The molecule has 11 heteroatoms. The highest BCUT2D eigenvalue weighted by atomic mass is 35.5. The molecule has 3 aliphatic rings. The molecule has 2 saturated heterocycles. The van der Waals surface area contributed by atoms with E-state index in [1.807, 2.05) is 12.1 Å². The number of aromatic nitrogens is 2. The van der Waals surface area contributed by atoms with Crippen LogP contribution in [-0.4, -0.2) is 90.3 Å². The van der Waals surface area contributed by atoms with Crippen molar-refractivity contribution in [1.29, 1.82) is 5.26 Å². The average molecular weight is 618 g/mol. The second-order valence-corrected chi connectivity index (χ2v) is 11.9. The maximum Gasteiger partial charge on any atom is 0.318 e. The van der Waals surface area contributed by atoms with Crippen LogP contribution < -0.4 is 14.5 Å². The van der Waals surface area contributed by atoms with Crippen LogP contribution in [0.4, 0.5) is 15.9 Å². The molecule has 9 nitrogen and oxygen atoms in total. The summed E-state index contributed by atoms with van der Waals surface area (Å²) in [6.45, 7) is 6.76. The highest BCUT2D eigenvalue weighted by Crippen LogP contribution is 2.37. The summed E-state index contributed by atoms with van der Waals surface area (Å²) in [7, 11) is 0. The number of amides is 1. The Hall–Kier alpha value is -3.94. The molecule has 0 N–H and O–H groups in total. The van der Waals surface area contributed by atoms with Crippen molar-refractivity contribution in [1.82, 2.24) is 19.8 Å². The number of halogens is 2. The Morgan fingerprint density at radius 2 is 1.98 bits per heavy atom. The maximum atomic E-state index is 12.8. The van der Waals surface area contributed by atoms with E-state index in [1.54, 1.807) is 4.90 Å². The number of likely N-dealkylation sites (N-methyl/N-ethyl adjacent to an activating group) is 1. The molecule has 230 valence electrons. The van der Waals surface area contributed by atoms with Gasteiger partial charge in [0, 0.05) is 61.5 Å². The number of nitrogens with zero attached hydrogens (tertiary/aromatic N) is 7. The predicted molar refractivity (Wildman–Crippen MR) is 170 cm³/mol. The minimum absolute atomic E-state index is 0.173. The van der Waals surface area contributed by atoms with Crippen LogP contribution in [0.5, 0.6) is 6.01 Å². The summed E-state index contributed by atoms with van der Waals surface area (Å²) < 4.78 is 19.0. The lowest BCUT2D eigenvalue weighted by Gasteiger charge is -2.42. The van der Waals surface area contributed by atoms with Gasteiger partial charge >= 0.3 is 6.01 Å². The fourth-order valence-corrected chi connectivity index (χ4v) is 6.87. The van der Waals surface area contributed by atoms with Gasteiger partial charge in [-0.2, -0.15) is 15.2 Å². The summed E-state index contributed by atoms with van der Waals surface area (Å²) in [5, 5.41) is 12.4. The van der Waals surface area contributed by atoms with Gasteiger partial charge in [0.1, 0.15) is 19.1 Å². The number of hydrogen-bond donors (Lipinski definition) is 0. The van der Waals surface area contributed by atoms with Crippen molar-refractivity contribution in [3.8, 4) is 12.1 Å². The molecule has 2 fully saturated rings. The predicted octanol–water partition coefficient (Wildman–Crippen LogP) is 4.78. The van der Waals surface area contributed by atoms with Gasteiger partial charge in [0.15, 0.2) is 0 Å². The van der Waals surface area contributed by atoms with Gasteiger partial charge in [0.25, 0.3) is 0 Å². The summed E-state index contributed by atoms with van der Waals surface area (Å²) in [5.74, 6) is 0.526. The first-order valence-electron chi connectivity index (χ1n) is 15.3. The molecule has 0 saturated carbocycles. The summed E-state index contributed by atoms with van der Waals surface area (Å²) in [6, 6.07) is 14.8. The van der Waals surface area contributed by atoms with Gasteiger partial charge in [-0.3, -0.25) is 9.69 Å². The lowest BCUT2D eigenvalue weighted by Crippen LogP contribution is -2.55. The van der Waals surface area contributed by atoms with E-state index in [1.165, 1.54) is 12.2 Å². The molecule has 0 radical (unpaired) electrons. The lowest BCUT2D eigenvalue weighted by atomic mass is 10.0. The molecule has 6 rings (SSSR count). The van der Waals surface area contributed by atoms with Crippen LogP contribution in [0, 0.1) is 11.3 Å². The van der Waals surface area contributed by atoms with Gasteiger partial charge in [-0.25, -0.2) is 4.39 Å². The second kappa shape index (κ2) is 13.4. The van der Waals surface area contributed by atoms with E-state index in [-0.39, 0.29) is 18.4 Å². The fourth-order valence-electron chi connectivity index (χ4n) is 6.59. The zero-order valence-electron chi connectivity index (χ0n) is 25.0. The first kappa shape index (κ1) is 30.1. The van der Waals surface area contributed by atoms with Crippen LogP contribution in [0.2, 0.25) is 5.02 Å². The van der Waals surface area contributed by atoms with Crippen molar-refractivity contribution in [2.24, 2.45) is 0 Å². The third kappa shape index (κ3) is 6.04. The average Bonchev–Trinajstić information content (AvgIpc) is 3.02. The van der Waals surface area contributed by atoms with E-state index in [0.717, 1.165) is 71.0 Å².